The molecule has 0 spiro atoms. The van der Waals surface area contributed by atoms with Crippen molar-refractivity contribution >= 4 is 19.8 Å². The second-order valence-corrected chi connectivity index (χ2v) is 23.0. The van der Waals surface area contributed by atoms with Crippen LogP contribution < -0.4 is 5.73 Å². The largest absolute Gasteiger partial charge is 0.472 e. The summed E-state index contributed by atoms with van der Waals surface area (Å²) in [7, 11) is -4.40. The van der Waals surface area contributed by atoms with Crippen LogP contribution >= 0.6 is 7.82 Å². The molecule has 0 heterocycles. The lowest BCUT2D eigenvalue weighted by Crippen LogP contribution is -2.29. The molecule has 0 amide bonds. The molecule has 0 aromatic heterocycles. The maximum atomic E-state index is 12.7. The van der Waals surface area contributed by atoms with Gasteiger partial charge in [-0.05, 0) is 116 Å². The van der Waals surface area contributed by atoms with Gasteiger partial charge in [-0.15, -0.1) is 0 Å². The Labute approximate surface area is 509 Å². The molecule has 83 heavy (non-hydrogen) atoms. The zero-order chi connectivity index (χ0) is 60.1. The lowest BCUT2D eigenvalue weighted by atomic mass is 10.0. The van der Waals surface area contributed by atoms with E-state index in [1.165, 1.54) is 116 Å². The van der Waals surface area contributed by atoms with Gasteiger partial charge in [0.2, 0.25) is 0 Å². The van der Waals surface area contributed by atoms with Crippen LogP contribution in [-0.2, 0) is 32.7 Å². The highest BCUT2D eigenvalue weighted by atomic mass is 31.2. The van der Waals surface area contributed by atoms with Gasteiger partial charge in [0.15, 0.2) is 6.10 Å². The number of carbonyl (C=O) groups is 2. The van der Waals surface area contributed by atoms with Crippen molar-refractivity contribution in [1.82, 2.24) is 0 Å². The van der Waals surface area contributed by atoms with Crippen LogP contribution in [-0.4, -0.2) is 49.3 Å². The van der Waals surface area contributed by atoms with Crippen LogP contribution in [0.5, 0.6) is 0 Å². The van der Waals surface area contributed by atoms with Crippen LogP contribution in [0.25, 0.3) is 0 Å². The topological polar surface area (TPSA) is 134 Å². The quantitative estimate of drug-likeness (QED) is 0.0264. The standard InChI is InChI=1S/C73H122NO8P/c1-3-5-7-9-11-13-15-17-19-21-23-25-27-29-31-33-34-35-36-38-39-41-43-45-47-49-51-53-55-57-59-61-63-65-72(75)79-69-71(70-81-83(77,78)80-68-67-74)82-73(76)66-64-62-60-58-56-54-52-50-48-46-44-42-40-37-32-30-28-26-24-22-20-18-16-14-12-10-8-6-4-2/h5-8,11-14,17-20,23-26,29-32,40,42,46,48,71H,3-4,9-10,15-16,21-22,27-28,33-39,41,43-45,47,49-70,74H2,1-2H3,(H,77,78)/b7-5-,8-6-,13-11-,14-12-,19-17-,20-18-,25-23-,26-24-,31-29-,32-30-,42-40-,48-46-. The molecule has 0 saturated carbocycles. The summed E-state index contributed by atoms with van der Waals surface area (Å²) in [5.74, 6) is -0.843. The molecule has 0 saturated heterocycles. The molecule has 0 fully saturated rings. The summed E-state index contributed by atoms with van der Waals surface area (Å²) in [5.41, 5.74) is 5.40. The van der Waals surface area contributed by atoms with Crippen molar-refractivity contribution in [3.63, 3.8) is 0 Å². The molecule has 0 rings (SSSR count). The first kappa shape index (κ1) is 78.9. The molecule has 0 aromatic carbocycles. The smallest absolute Gasteiger partial charge is 0.462 e. The van der Waals surface area contributed by atoms with Crippen molar-refractivity contribution in [1.29, 1.82) is 0 Å². The molecule has 3 N–H and O–H groups in total. The fourth-order valence-corrected chi connectivity index (χ4v) is 9.64. The fraction of sp³-hybridized carbons (Fsp3) is 0.644. The molecule has 0 aliphatic carbocycles. The zero-order valence-corrected chi connectivity index (χ0v) is 53.8. The number of ether oxygens (including phenoxy) is 2. The molecule has 0 radical (unpaired) electrons. The number of unbranched alkanes of at least 4 members (excludes halogenated alkanes) is 24. The lowest BCUT2D eigenvalue weighted by Gasteiger charge is -2.19. The number of allylic oxidation sites excluding steroid dienone is 24. The van der Waals surface area contributed by atoms with E-state index in [0.29, 0.717) is 6.42 Å². The molecular weight excluding hydrogens is 1050 g/mol. The monoisotopic (exact) mass is 1170 g/mol. The van der Waals surface area contributed by atoms with Crippen molar-refractivity contribution in [2.24, 2.45) is 5.73 Å². The minimum atomic E-state index is -4.40. The molecule has 0 bridgehead atoms. The summed E-state index contributed by atoms with van der Waals surface area (Å²) in [4.78, 5) is 35.3. The number of phosphoric acid groups is 1. The minimum Gasteiger partial charge on any atom is -0.462 e. The number of rotatable bonds is 61. The minimum absolute atomic E-state index is 0.0450. The van der Waals surface area contributed by atoms with E-state index in [0.717, 1.165) is 122 Å². The zero-order valence-electron chi connectivity index (χ0n) is 52.9. The maximum absolute atomic E-state index is 12.7. The molecule has 2 unspecified atom stereocenters. The number of hydrogen-bond acceptors (Lipinski definition) is 8. The maximum Gasteiger partial charge on any atom is 0.472 e. The molecular formula is C73H122NO8P. The highest BCUT2D eigenvalue weighted by molar-refractivity contribution is 7.47. The van der Waals surface area contributed by atoms with E-state index < -0.39 is 26.5 Å². The number of esters is 2. The van der Waals surface area contributed by atoms with Crippen LogP contribution in [0.3, 0.4) is 0 Å². The highest BCUT2D eigenvalue weighted by Crippen LogP contribution is 2.43. The van der Waals surface area contributed by atoms with Crippen molar-refractivity contribution in [2.75, 3.05) is 26.4 Å². The first-order valence-electron chi connectivity index (χ1n) is 33.3. The van der Waals surface area contributed by atoms with E-state index >= 15 is 0 Å². The Morgan fingerprint density at radius 2 is 0.627 bits per heavy atom. The Kier molecular flexibility index (Phi) is 63.7. The Hall–Kier alpha value is -4.11. The molecule has 10 heteroatoms. The van der Waals surface area contributed by atoms with Gasteiger partial charge in [0.1, 0.15) is 6.61 Å². The molecule has 472 valence electrons. The van der Waals surface area contributed by atoms with Crippen LogP contribution in [0.4, 0.5) is 0 Å². The van der Waals surface area contributed by atoms with Crippen molar-refractivity contribution in [3.05, 3.63) is 146 Å². The Morgan fingerprint density at radius 3 is 0.928 bits per heavy atom. The van der Waals surface area contributed by atoms with E-state index in [2.05, 4.69) is 160 Å². The third-order valence-electron chi connectivity index (χ3n) is 13.7. The van der Waals surface area contributed by atoms with Gasteiger partial charge in [-0.25, -0.2) is 4.57 Å². The first-order valence-corrected chi connectivity index (χ1v) is 34.8. The first-order chi connectivity index (χ1) is 40.8. The summed E-state index contributed by atoms with van der Waals surface area (Å²) in [6, 6.07) is 0. The van der Waals surface area contributed by atoms with Gasteiger partial charge >= 0.3 is 19.8 Å². The Morgan fingerprint density at radius 1 is 0.361 bits per heavy atom. The SMILES string of the molecule is CC/C=C\C/C=C\C/C=C\C/C=C\C/C=C\C/C=C\C/C=C\CCCCCCCCCC(=O)OC(COC(=O)CCCCCCCCCCCCCCCCCCC/C=C\C/C=C\C/C=C\C/C=C\C/C=C\CC)COP(=O)(O)OCCN. The number of carbonyl (C=O) groups excluding carboxylic acids is 2. The third kappa shape index (κ3) is 66.9. The Balaban J connectivity index is 3.95. The number of nitrogens with two attached hydrogens (primary N) is 1. The average molecular weight is 1170 g/mol. The molecule has 2 atom stereocenters. The van der Waals surface area contributed by atoms with Gasteiger partial charge in [0.25, 0.3) is 0 Å². The van der Waals surface area contributed by atoms with E-state index in [9.17, 15) is 19.0 Å². The molecule has 0 aromatic rings. The van der Waals surface area contributed by atoms with E-state index in [-0.39, 0.29) is 38.6 Å². The lowest BCUT2D eigenvalue weighted by molar-refractivity contribution is -0.161. The van der Waals surface area contributed by atoms with Gasteiger partial charge in [-0.1, -0.05) is 288 Å². The van der Waals surface area contributed by atoms with Crippen LogP contribution in [0, 0.1) is 0 Å². The second kappa shape index (κ2) is 67.0. The van der Waals surface area contributed by atoms with Crippen LogP contribution in [0.1, 0.15) is 271 Å². The van der Waals surface area contributed by atoms with Crippen molar-refractivity contribution in [2.45, 2.75) is 277 Å². The van der Waals surface area contributed by atoms with E-state index in [1.54, 1.807) is 0 Å². The van der Waals surface area contributed by atoms with E-state index in [1.807, 2.05) is 0 Å². The highest BCUT2D eigenvalue weighted by Gasteiger charge is 2.26. The predicted octanol–water partition coefficient (Wildman–Crippen LogP) is 21.9. The summed E-state index contributed by atoms with van der Waals surface area (Å²) in [5, 5.41) is 0. The van der Waals surface area contributed by atoms with Crippen molar-refractivity contribution in [3.8, 4) is 0 Å². The second-order valence-electron chi connectivity index (χ2n) is 21.6. The third-order valence-corrected chi connectivity index (χ3v) is 14.7. The van der Waals surface area contributed by atoms with Gasteiger partial charge in [0.05, 0.1) is 13.2 Å². The number of hydrogen-bond donors (Lipinski definition) is 2. The number of phosphoric ester groups is 1. The predicted molar refractivity (Wildman–Crippen MR) is 357 cm³/mol. The van der Waals surface area contributed by atoms with Crippen LogP contribution in [0.15, 0.2) is 146 Å². The van der Waals surface area contributed by atoms with E-state index in [4.69, 9.17) is 24.3 Å². The van der Waals surface area contributed by atoms with Gasteiger partial charge in [0, 0.05) is 19.4 Å². The average Bonchev–Trinajstić information content (AvgIpc) is 3.49. The molecule has 0 aliphatic rings. The normalized spacial score (nSPS) is 13.9. The summed E-state index contributed by atoms with van der Waals surface area (Å²) in [6.45, 7) is 3.51. The summed E-state index contributed by atoms with van der Waals surface area (Å²) in [6.07, 6.45) is 96.3. The van der Waals surface area contributed by atoms with Gasteiger partial charge in [-0.3, -0.25) is 18.6 Å². The van der Waals surface area contributed by atoms with Gasteiger partial charge < -0.3 is 20.1 Å². The van der Waals surface area contributed by atoms with Gasteiger partial charge in [-0.2, -0.15) is 0 Å². The van der Waals surface area contributed by atoms with Crippen LogP contribution in [0.2, 0.25) is 0 Å². The van der Waals surface area contributed by atoms with Crippen molar-refractivity contribution < 1.29 is 37.6 Å². The fourth-order valence-electron chi connectivity index (χ4n) is 8.88. The molecule has 9 nitrogen and oxygen atoms in total. The molecule has 0 aliphatic heterocycles. The summed E-state index contributed by atoms with van der Waals surface area (Å²) >= 11 is 0. The summed E-state index contributed by atoms with van der Waals surface area (Å²) < 4.78 is 33.1. The Bertz CT molecular complexity index is 1870.